The van der Waals surface area contributed by atoms with Crippen LogP contribution in [0.15, 0.2) is 0 Å². The first-order chi connectivity index (χ1) is 9.00. The van der Waals surface area contributed by atoms with Gasteiger partial charge in [0.2, 0.25) is 0 Å². The minimum absolute atomic E-state index is 0.213. The van der Waals surface area contributed by atoms with Crippen LogP contribution in [0.2, 0.25) is 0 Å². The number of rotatable bonds is 4. The van der Waals surface area contributed by atoms with Crippen molar-refractivity contribution in [3.05, 3.63) is 11.3 Å². The molecule has 0 amide bonds. The van der Waals surface area contributed by atoms with Crippen molar-refractivity contribution in [2.45, 2.75) is 38.1 Å². The van der Waals surface area contributed by atoms with Crippen molar-refractivity contribution in [2.75, 3.05) is 26.0 Å². The maximum atomic E-state index is 9.22. The van der Waals surface area contributed by atoms with Crippen LogP contribution in [0, 0.1) is 18.3 Å². The number of hydrogen-bond donors (Lipinski definition) is 1. The number of hydrogen-bond acceptors (Lipinski definition) is 4. The maximum Gasteiger partial charge on any atom is 0.142 e. The monoisotopic (exact) mass is 261 g/mol. The first-order valence-corrected chi connectivity index (χ1v) is 6.85. The van der Waals surface area contributed by atoms with Gasteiger partial charge in [-0.3, -0.25) is 4.68 Å². The summed E-state index contributed by atoms with van der Waals surface area (Å²) in [6, 6.07) is 2.24. The molecular formula is C14H23N5. The Kier molecular flexibility index (Phi) is 3.81. The molecule has 0 aromatic carbocycles. The third-order valence-electron chi connectivity index (χ3n) is 4.40. The van der Waals surface area contributed by atoms with Crippen molar-refractivity contribution < 1.29 is 0 Å². The highest BCUT2D eigenvalue weighted by Gasteiger charge is 2.36. The molecule has 5 heteroatoms. The van der Waals surface area contributed by atoms with Gasteiger partial charge in [0.1, 0.15) is 17.5 Å². The molecule has 1 aliphatic rings. The fourth-order valence-electron chi connectivity index (χ4n) is 3.06. The largest absolute Gasteiger partial charge is 0.367 e. The molecule has 1 heterocycles. The minimum atomic E-state index is 0.213. The van der Waals surface area contributed by atoms with Gasteiger partial charge in [-0.1, -0.05) is 12.8 Å². The molecule has 0 aliphatic heterocycles. The lowest BCUT2D eigenvalue weighted by Crippen LogP contribution is -2.47. The van der Waals surface area contributed by atoms with Gasteiger partial charge in [-0.15, -0.1) is 0 Å². The molecule has 1 N–H and O–H groups in total. The molecule has 0 bridgehead atoms. The van der Waals surface area contributed by atoms with Crippen LogP contribution in [0.5, 0.6) is 0 Å². The van der Waals surface area contributed by atoms with E-state index in [-0.39, 0.29) is 5.54 Å². The molecule has 1 saturated carbocycles. The lowest BCUT2D eigenvalue weighted by molar-refractivity contribution is 0.172. The average Bonchev–Trinajstić information content (AvgIpc) is 2.92. The molecule has 5 nitrogen and oxygen atoms in total. The molecular weight excluding hydrogens is 238 g/mol. The van der Waals surface area contributed by atoms with Crippen molar-refractivity contribution in [3.8, 4) is 6.07 Å². The predicted molar refractivity (Wildman–Crippen MR) is 76.0 cm³/mol. The van der Waals surface area contributed by atoms with Crippen LogP contribution in [0.3, 0.4) is 0 Å². The van der Waals surface area contributed by atoms with Crippen molar-refractivity contribution in [1.29, 1.82) is 5.26 Å². The van der Waals surface area contributed by atoms with E-state index >= 15 is 0 Å². The van der Waals surface area contributed by atoms with Crippen LogP contribution in [0.1, 0.15) is 36.9 Å². The van der Waals surface area contributed by atoms with Crippen molar-refractivity contribution in [3.63, 3.8) is 0 Å². The van der Waals surface area contributed by atoms with Crippen LogP contribution in [-0.4, -0.2) is 40.9 Å². The van der Waals surface area contributed by atoms with Crippen LogP contribution < -0.4 is 5.32 Å². The first-order valence-electron chi connectivity index (χ1n) is 6.85. The van der Waals surface area contributed by atoms with E-state index in [0.29, 0.717) is 5.56 Å². The summed E-state index contributed by atoms with van der Waals surface area (Å²) in [7, 11) is 6.17. The molecule has 1 fully saturated rings. The second-order valence-corrected chi connectivity index (χ2v) is 5.72. The van der Waals surface area contributed by atoms with Gasteiger partial charge in [0, 0.05) is 19.1 Å². The van der Waals surface area contributed by atoms with E-state index in [1.165, 1.54) is 25.7 Å². The Labute approximate surface area is 115 Å². The number of aryl methyl sites for hydroxylation is 2. The second kappa shape index (κ2) is 5.22. The highest BCUT2D eigenvalue weighted by atomic mass is 15.3. The molecule has 104 valence electrons. The molecule has 0 unspecified atom stereocenters. The van der Waals surface area contributed by atoms with Crippen LogP contribution >= 0.6 is 0 Å². The standard InChI is InChI=1S/C14H23N5/c1-11-12(9-15)13(19(4)17-11)16-10-14(18(2)3)7-5-6-8-14/h16H,5-8,10H2,1-4H3. The number of aromatic nitrogens is 2. The summed E-state index contributed by atoms with van der Waals surface area (Å²) in [5, 5.41) is 17.0. The summed E-state index contributed by atoms with van der Waals surface area (Å²) < 4.78 is 1.77. The second-order valence-electron chi connectivity index (χ2n) is 5.72. The van der Waals surface area contributed by atoms with Gasteiger partial charge < -0.3 is 10.2 Å². The maximum absolute atomic E-state index is 9.22. The summed E-state index contributed by atoms with van der Waals surface area (Å²) in [5.41, 5.74) is 1.66. The highest BCUT2D eigenvalue weighted by Crippen LogP contribution is 2.34. The number of likely N-dealkylation sites (N-methyl/N-ethyl adjacent to an activating group) is 1. The highest BCUT2D eigenvalue weighted by molar-refractivity contribution is 5.55. The van der Waals surface area contributed by atoms with Gasteiger partial charge in [-0.25, -0.2) is 0 Å². The number of nitrogens with zero attached hydrogens (tertiary/aromatic N) is 4. The summed E-state index contributed by atoms with van der Waals surface area (Å²) in [6.07, 6.45) is 5.00. The fraction of sp³-hybridized carbons (Fsp3) is 0.714. The van der Waals surface area contributed by atoms with E-state index in [1.54, 1.807) is 4.68 Å². The number of nitrogens with one attached hydrogen (secondary N) is 1. The Balaban J connectivity index is 2.17. The molecule has 0 spiro atoms. The Bertz CT molecular complexity index is 489. The zero-order chi connectivity index (χ0) is 14.0. The van der Waals surface area contributed by atoms with E-state index in [1.807, 2.05) is 14.0 Å². The Hall–Kier alpha value is -1.54. The quantitative estimate of drug-likeness (QED) is 0.899. The summed E-state index contributed by atoms with van der Waals surface area (Å²) in [5.74, 6) is 0.841. The molecule has 1 aliphatic carbocycles. The minimum Gasteiger partial charge on any atom is -0.367 e. The van der Waals surface area contributed by atoms with Crippen LogP contribution in [0.25, 0.3) is 0 Å². The van der Waals surface area contributed by atoms with Crippen LogP contribution in [0.4, 0.5) is 5.82 Å². The summed E-state index contributed by atoms with van der Waals surface area (Å²) >= 11 is 0. The summed E-state index contributed by atoms with van der Waals surface area (Å²) in [4.78, 5) is 2.32. The van der Waals surface area contributed by atoms with E-state index in [0.717, 1.165) is 18.1 Å². The lowest BCUT2D eigenvalue weighted by atomic mass is 9.96. The molecule has 2 rings (SSSR count). The van der Waals surface area contributed by atoms with Gasteiger partial charge in [0.15, 0.2) is 0 Å². The third kappa shape index (κ3) is 2.45. The molecule has 1 aromatic rings. The van der Waals surface area contributed by atoms with Crippen molar-refractivity contribution >= 4 is 5.82 Å². The number of nitriles is 1. The van der Waals surface area contributed by atoms with Crippen LogP contribution in [-0.2, 0) is 7.05 Å². The van der Waals surface area contributed by atoms with Crippen molar-refractivity contribution in [1.82, 2.24) is 14.7 Å². The molecule has 1 aromatic heterocycles. The Morgan fingerprint density at radius 3 is 2.58 bits per heavy atom. The fourth-order valence-corrected chi connectivity index (χ4v) is 3.06. The van der Waals surface area contributed by atoms with Gasteiger partial charge >= 0.3 is 0 Å². The average molecular weight is 261 g/mol. The predicted octanol–water partition coefficient (Wildman–Crippen LogP) is 1.89. The SMILES string of the molecule is Cc1nn(C)c(NCC2(N(C)C)CCCC2)c1C#N. The van der Waals surface area contributed by atoms with E-state index in [9.17, 15) is 5.26 Å². The first kappa shape index (κ1) is 13.9. The van der Waals surface area contributed by atoms with Gasteiger partial charge in [-0.2, -0.15) is 10.4 Å². The van der Waals surface area contributed by atoms with Crippen molar-refractivity contribution in [2.24, 2.45) is 7.05 Å². The molecule has 0 saturated heterocycles. The van der Waals surface area contributed by atoms with E-state index in [4.69, 9.17) is 0 Å². The topological polar surface area (TPSA) is 56.9 Å². The Morgan fingerprint density at radius 1 is 1.42 bits per heavy atom. The number of anilines is 1. The summed E-state index contributed by atoms with van der Waals surface area (Å²) in [6.45, 7) is 2.74. The molecule has 0 atom stereocenters. The molecule has 19 heavy (non-hydrogen) atoms. The zero-order valence-electron chi connectivity index (χ0n) is 12.3. The van der Waals surface area contributed by atoms with Gasteiger partial charge in [0.05, 0.1) is 5.69 Å². The Morgan fingerprint density at radius 2 is 2.05 bits per heavy atom. The third-order valence-corrected chi connectivity index (χ3v) is 4.40. The van der Waals surface area contributed by atoms with E-state index < -0.39 is 0 Å². The smallest absolute Gasteiger partial charge is 0.142 e. The van der Waals surface area contributed by atoms with Gasteiger partial charge in [0.25, 0.3) is 0 Å². The molecule has 0 radical (unpaired) electrons. The lowest BCUT2D eigenvalue weighted by Gasteiger charge is -2.36. The van der Waals surface area contributed by atoms with E-state index in [2.05, 4.69) is 35.5 Å². The van der Waals surface area contributed by atoms with Gasteiger partial charge in [-0.05, 0) is 33.9 Å². The normalized spacial score (nSPS) is 17.7. The zero-order valence-corrected chi connectivity index (χ0v) is 12.3.